The highest BCUT2D eigenvalue weighted by Gasteiger charge is 2.19. The molecule has 0 saturated carbocycles. The van der Waals surface area contributed by atoms with Crippen molar-refractivity contribution in [1.29, 1.82) is 0 Å². The number of hydrogen-bond acceptors (Lipinski definition) is 3. The number of nitrogens with one attached hydrogen (secondary N) is 1. The summed E-state index contributed by atoms with van der Waals surface area (Å²) in [6.45, 7) is 6.11. The van der Waals surface area contributed by atoms with Gasteiger partial charge in [0.15, 0.2) is 0 Å². The number of aromatic nitrogens is 1. The monoisotopic (exact) mass is 330 g/mol. The van der Waals surface area contributed by atoms with Crippen LogP contribution in [0.2, 0.25) is 0 Å². The van der Waals surface area contributed by atoms with E-state index in [1.54, 1.807) is 6.92 Å². The molecular weight excluding hydrogens is 304 g/mol. The summed E-state index contributed by atoms with van der Waals surface area (Å²) in [6.07, 6.45) is 5.00. The Hall–Kier alpha value is -1.85. The Kier molecular flexibility index (Phi) is 5.53. The molecule has 0 spiro atoms. The number of ether oxygens (including phenoxy) is 2. The zero-order chi connectivity index (χ0) is 16.9. The average molecular weight is 330 g/mol. The van der Waals surface area contributed by atoms with E-state index < -0.39 is 6.10 Å². The van der Waals surface area contributed by atoms with E-state index in [0.29, 0.717) is 6.61 Å². The fourth-order valence-electron chi connectivity index (χ4n) is 3.06. The Labute approximate surface area is 142 Å². The summed E-state index contributed by atoms with van der Waals surface area (Å²) < 4.78 is 13.5. The minimum absolute atomic E-state index is 0.124. The van der Waals surface area contributed by atoms with Crippen LogP contribution in [-0.4, -0.2) is 35.9 Å². The van der Waals surface area contributed by atoms with E-state index in [1.807, 2.05) is 18.2 Å². The van der Waals surface area contributed by atoms with Gasteiger partial charge in [0.25, 0.3) is 5.91 Å². The third-order valence-corrected chi connectivity index (χ3v) is 4.55. The number of fused-ring (bicyclic) bond motifs is 1. The van der Waals surface area contributed by atoms with E-state index in [0.717, 1.165) is 37.1 Å². The first kappa shape index (κ1) is 17.0. The maximum absolute atomic E-state index is 12.3. The summed E-state index contributed by atoms with van der Waals surface area (Å²) in [4.78, 5) is 12.3. The van der Waals surface area contributed by atoms with Crippen molar-refractivity contribution in [2.24, 2.45) is 0 Å². The van der Waals surface area contributed by atoms with E-state index in [9.17, 15) is 4.79 Å². The molecule has 1 amide bonds. The first-order valence-electron chi connectivity index (χ1n) is 8.80. The van der Waals surface area contributed by atoms with Gasteiger partial charge in [0.1, 0.15) is 6.10 Å². The van der Waals surface area contributed by atoms with Crippen LogP contribution < -0.4 is 5.32 Å². The number of hydrogen-bond donors (Lipinski definition) is 1. The predicted octanol–water partition coefficient (Wildman–Crippen LogP) is 3.57. The SMILES string of the molecule is CCn1ccc2cc(NC(=O)[C@H](C)OC[C@H]3CCCCO3)ccc21. The van der Waals surface area contributed by atoms with E-state index in [-0.39, 0.29) is 12.0 Å². The largest absolute Gasteiger partial charge is 0.376 e. The van der Waals surface area contributed by atoms with Gasteiger partial charge >= 0.3 is 0 Å². The third-order valence-electron chi connectivity index (χ3n) is 4.55. The first-order valence-corrected chi connectivity index (χ1v) is 8.80. The molecule has 5 nitrogen and oxygen atoms in total. The van der Waals surface area contributed by atoms with Gasteiger partial charge in [0.2, 0.25) is 0 Å². The number of carbonyl (C=O) groups is 1. The van der Waals surface area contributed by atoms with Crippen molar-refractivity contribution in [3.05, 3.63) is 30.5 Å². The Morgan fingerprint density at radius 1 is 1.42 bits per heavy atom. The number of anilines is 1. The van der Waals surface area contributed by atoms with Gasteiger partial charge in [0, 0.05) is 35.9 Å². The lowest BCUT2D eigenvalue weighted by molar-refractivity contribution is -0.130. The van der Waals surface area contributed by atoms with E-state index >= 15 is 0 Å². The van der Waals surface area contributed by atoms with Crippen LogP contribution in [0.4, 0.5) is 5.69 Å². The molecule has 0 bridgehead atoms. The van der Waals surface area contributed by atoms with Crippen LogP contribution in [0.5, 0.6) is 0 Å². The second-order valence-corrected chi connectivity index (χ2v) is 6.33. The number of benzene rings is 1. The Morgan fingerprint density at radius 2 is 2.29 bits per heavy atom. The van der Waals surface area contributed by atoms with Gasteiger partial charge in [-0.3, -0.25) is 4.79 Å². The molecule has 1 aromatic heterocycles. The normalized spacial score (nSPS) is 19.3. The van der Waals surface area contributed by atoms with Gasteiger partial charge < -0.3 is 19.4 Å². The molecule has 0 aliphatic carbocycles. The first-order chi connectivity index (χ1) is 11.7. The molecule has 24 heavy (non-hydrogen) atoms. The third kappa shape index (κ3) is 3.97. The second kappa shape index (κ2) is 7.81. The van der Waals surface area contributed by atoms with Crippen LogP contribution in [-0.2, 0) is 20.8 Å². The standard InChI is InChI=1S/C19H26N2O3/c1-3-21-10-9-15-12-16(7-8-18(15)21)20-19(22)14(2)24-13-17-6-4-5-11-23-17/h7-10,12,14,17H,3-6,11,13H2,1-2H3,(H,20,22)/t14-,17+/m0/s1. The molecule has 1 saturated heterocycles. The van der Waals surface area contributed by atoms with Gasteiger partial charge in [-0.2, -0.15) is 0 Å². The summed E-state index contributed by atoms with van der Waals surface area (Å²) in [5.41, 5.74) is 1.97. The van der Waals surface area contributed by atoms with Crippen molar-refractivity contribution >= 4 is 22.5 Å². The molecule has 2 atom stereocenters. The molecule has 130 valence electrons. The van der Waals surface area contributed by atoms with Crippen LogP contribution in [0.1, 0.15) is 33.1 Å². The molecule has 1 aliphatic heterocycles. The molecule has 2 heterocycles. The fourth-order valence-corrected chi connectivity index (χ4v) is 3.06. The summed E-state index contributed by atoms with van der Waals surface area (Å²) in [7, 11) is 0. The lowest BCUT2D eigenvalue weighted by atomic mass is 10.1. The molecule has 1 N–H and O–H groups in total. The molecule has 0 radical (unpaired) electrons. The number of carbonyl (C=O) groups excluding carboxylic acids is 1. The second-order valence-electron chi connectivity index (χ2n) is 6.33. The number of rotatable bonds is 6. The smallest absolute Gasteiger partial charge is 0.253 e. The van der Waals surface area contributed by atoms with Gasteiger partial charge in [0.05, 0.1) is 12.7 Å². The lowest BCUT2D eigenvalue weighted by Gasteiger charge is -2.23. The van der Waals surface area contributed by atoms with Crippen LogP contribution in [0.15, 0.2) is 30.5 Å². The van der Waals surface area contributed by atoms with Gasteiger partial charge in [-0.1, -0.05) is 0 Å². The van der Waals surface area contributed by atoms with Crippen molar-refractivity contribution in [3.63, 3.8) is 0 Å². The van der Waals surface area contributed by atoms with Gasteiger partial charge in [-0.15, -0.1) is 0 Å². The van der Waals surface area contributed by atoms with Crippen molar-refractivity contribution < 1.29 is 14.3 Å². The maximum Gasteiger partial charge on any atom is 0.253 e. The molecule has 1 aromatic carbocycles. The summed E-state index contributed by atoms with van der Waals surface area (Å²) in [5.74, 6) is -0.125. The van der Waals surface area contributed by atoms with Crippen molar-refractivity contribution in [2.75, 3.05) is 18.5 Å². The average Bonchev–Trinajstić information content (AvgIpc) is 3.02. The summed E-state index contributed by atoms with van der Waals surface area (Å²) >= 11 is 0. The molecule has 1 aliphatic rings. The zero-order valence-electron chi connectivity index (χ0n) is 14.5. The molecule has 5 heteroatoms. The van der Waals surface area contributed by atoms with E-state index in [4.69, 9.17) is 9.47 Å². The molecule has 0 unspecified atom stereocenters. The van der Waals surface area contributed by atoms with Crippen LogP contribution in [0, 0.1) is 0 Å². The van der Waals surface area contributed by atoms with Gasteiger partial charge in [-0.05, 0) is 57.4 Å². The van der Waals surface area contributed by atoms with E-state index in [1.165, 1.54) is 11.9 Å². The Bertz CT molecular complexity index is 689. The van der Waals surface area contributed by atoms with Crippen molar-refractivity contribution in [1.82, 2.24) is 4.57 Å². The highest BCUT2D eigenvalue weighted by molar-refractivity contribution is 5.96. The number of aryl methyl sites for hydroxylation is 1. The molecule has 1 fully saturated rings. The fraction of sp³-hybridized carbons (Fsp3) is 0.526. The van der Waals surface area contributed by atoms with E-state index in [2.05, 4.69) is 29.1 Å². The van der Waals surface area contributed by atoms with Crippen molar-refractivity contribution in [2.45, 2.75) is 51.9 Å². The quantitative estimate of drug-likeness (QED) is 0.881. The van der Waals surface area contributed by atoms with Gasteiger partial charge in [-0.25, -0.2) is 0 Å². The van der Waals surface area contributed by atoms with Crippen molar-refractivity contribution in [3.8, 4) is 0 Å². The highest BCUT2D eigenvalue weighted by Crippen LogP contribution is 2.21. The predicted molar refractivity (Wildman–Crippen MR) is 95.2 cm³/mol. The van der Waals surface area contributed by atoms with Crippen LogP contribution >= 0.6 is 0 Å². The zero-order valence-corrected chi connectivity index (χ0v) is 14.5. The molecule has 3 rings (SSSR count). The Morgan fingerprint density at radius 3 is 3.04 bits per heavy atom. The molecule has 2 aromatic rings. The summed E-state index contributed by atoms with van der Waals surface area (Å²) in [5, 5.41) is 4.06. The minimum Gasteiger partial charge on any atom is -0.376 e. The summed E-state index contributed by atoms with van der Waals surface area (Å²) in [6, 6.07) is 8.03. The molecular formula is C19H26N2O3. The maximum atomic E-state index is 12.3. The minimum atomic E-state index is -0.494. The highest BCUT2D eigenvalue weighted by atomic mass is 16.5. The number of nitrogens with zero attached hydrogens (tertiary/aromatic N) is 1. The van der Waals surface area contributed by atoms with Crippen LogP contribution in [0.25, 0.3) is 10.9 Å². The lowest BCUT2D eigenvalue weighted by Crippen LogP contribution is -2.32. The topological polar surface area (TPSA) is 52.5 Å². The van der Waals surface area contributed by atoms with Crippen LogP contribution in [0.3, 0.4) is 0 Å². The number of amides is 1. The Balaban J connectivity index is 1.55.